The minimum Gasteiger partial charge on any atom is -0.251 e. The van der Waals surface area contributed by atoms with Gasteiger partial charge in [0, 0.05) is 16.5 Å². The molecule has 2 aromatic carbocycles. The molecule has 0 bridgehead atoms. The Morgan fingerprint density at radius 3 is 1.76 bits per heavy atom. The Labute approximate surface area is 212 Å². The first kappa shape index (κ1) is 29.0. The number of unbranched alkanes of at least 4 members (excludes halogenated alkanes) is 9. The monoisotopic (exact) mass is 488 g/mol. The first-order valence-electron chi connectivity index (χ1n) is 12.8. The molecule has 2 nitrogen and oxygen atoms in total. The molecule has 182 valence electrons. The minimum absolute atomic E-state index is 0. The molecule has 2 aromatic rings. The third-order valence-corrected chi connectivity index (χ3v) is 5.59. The van der Waals surface area contributed by atoms with E-state index in [-0.39, 0.29) is 16.5 Å². The molecule has 0 saturated heterocycles. The van der Waals surface area contributed by atoms with Crippen LogP contribution in [-0.2, 0) is 16.5 Å². The van der Waals surface area contributed by atoms with Crippen LogP contribution in [0.1, 0.15) is 90.9 Å². The second-order valence-corrected chi connectivity index (χ2v) is 8.50. The summed E-state index contributed by atoms with van der Waals surface area (Å²) in [5.41, 5.74) is 4.09. The summed E-state index contributed by atoms with van der Waals surface area (Å²) in [7, 11) is 0. The van der Waals surface area contributed by atoms with Crippen LogP contribution in [0.4, 0.5) is 11.4 Å². The van der Waals surface area contributed by atoms with Crippen LogP contribution in [0.5, 0.6) is 0 Å². The van der Waals surface area contributed by atoms with Gasteiger partial charge in [0.2, 0.25) is 0 Å². The molecule has 0 fully saturated rings. The van der Waals surface area contributed by atoms with E-state index in [9.17, 15) is 0 Å². The zero-order chi connectivity index (χ0) is 22.7. The van der Waals surface area contributed by atoms with Crippen molar-refractivity contribution in [1.82, 2.24) is 0 Å². The van der Waals surface area contributed by atoms with Crippen LogP contribution in [0.15, 0.2) is 82.8 Å². The number of para-hydroxylation sites is 2. The van der Waals surface area contributed by atoms with Gasteiger partial charge in [-0.3, -0.25) is 4.99 Å². The van der Waals surface area contributed by atoms with Crippen LogP contribution < -0.4 is 0 Å². The van der Waals surface area contributed by atoms with E-state index in [2.05, 4.69) is 62.4 Å². The molecule has 0 unspecified atom stereocenters. The van der Waals surface area contributed by atoms with Crippen molar-refractivity contribution in [1.29, 1.82) is 0 Å². The Morgan fingerprint density at radius 1 is 0.636 bits per heavy atom. The Bertz CT molecular complexity index is 810. The van der Waals surface area contributed by atoms with Crippen molar-refractivity contribution < 1.29 is 16.5 Å². The molecule has 0 saturated carbocycles. The molecule has 0 heterocycles. The van der Waals surface area contributed by atoms with E-state index in [0.717, 1.165) is 42.1 Å². The van der Waals surface area contributed by atoms with Crippen molar-refractivity contribution in [2.75, 3.05) is 0 Å². The van der Waals surface area contributed by atoms with E-state index in [1.54, 1.807) is 0 Å². The van der Waals surface area contributed by atoms with Gasteiger partial charge in [0.15, 0.2) is 0 Å². The van der Waals surface area contributed by atoms with Gasteiger partial charge in [0.05, 0.1) is 22.8 Å². The summed E-state index contributed by atoms with van der Waals surface area (Å²) in [6.07, 6.45) is 19.4. The number of rotatable bonds is 16. The zero-order valence-corrected chi connectivity index (χ0v) is 21.6. The average Bonchev–Trinajstić information content (AvgIpc) is 2.83. The summed E-state index contributed by atoms with van der Waals surface area (Å²) < 4.78 is 0. The number of nitrogens with zero attached hydrogens (tertiary/aromatic N) is 2. The summed E-state index contributed by atoms with van der Waals surface area (Å²) in [5.74, 6) is 0. The predicted molar refractivity (Wildman–Crippen MR) is 143 cm³/mol. The topological polar surface area (TPSA) is 24.7 Å². The van der Waals surface area contributed by atoms with E-state index in [1.165, 1.54) is 57.8 Å². The van der Waals surface area contributed by atoms with Crippen LogP contribution in [0, 0.1) is 0 Å². The molecule has 3 heteroatoms. The molecule has 0 spiro atoms. The summed E-state index contributed by atoms with van der Waals surface area (Å²) >= 11 is 0. The van der Waals surface area contributed by atoms with Crippen molar-refractivity contribution >= 4 is 22.8 Å². The van der Waals surface area contributed by atoms with Crippen LogP contribution >= 0.6 is 0 Å². The summed E-state index contributed by atoms with van der Waals surface area (Å²) in [4.78, 5) is 10.0. The second-order valence-electron chi connectivity index (χ2n) is 8.50. The van der Waals surface area contributed by atoms with Crippen molar-refractivity contribution in [3.8, 4) is 0 Å². The molecular formula is C30H42N2Ni. The van der Waals surface area contributed by atoms with Crippen molar-refractivity contribution in [2.45, 2.75) is 90.9 Å². The Hall–Kier alpha value is -1.99. The Morgan fingerprint density at radius 2 is 1.15 bits per heavy atom. The second kappa shape index (κ2) is 19.5. The van der Waals surface area contributed by atoms with E-state index < -0.39 is 0 Å². The van der Waals surface area contributed by atoms with Crippen molar-refractivity contribution in [3.63, 3.8) is 0 Å². The van der Waals surface area contributed by atoms with Gasteiger partial charge in [-0.15, -0.1) is 0 Å². The fourth-order valence-electron chi connectivity index (χ4n) is 3.70. The molecule has 2 rings (SSSR count). The molecule has 0 N–H and O–H groups in total. The molecular weight excluding hydrogens is 447 g/mol. The fraction of sp³-hybridized carbons (Fsp3) is 0.467. The van der Waals surface area contributed by atoms with Gasteiger partial charge in [0.1, 0.15) is 0 Å². The SMILES string of the molecule is CCCCCCCCC=CC(=Nc1ccccc1)C(CCCCCC)=Nc1ccccc1.[Ni]. The summed E-state index contributed by atoms with van der Waals surface area (Å²) in [6, 6.07) is 20.6. The smallest absolute Gasteiger partial charge is 0.0848 e. The van der Waals surface area contributed by atoms with Gasteiger partial charge in [-0.2, -0.15) is 0 Å². The van der Waals surface area contributed by atoms with Gasteiger partial charge < -0.3 is 0 Å². The maximum absolute atomic E-state index is 5.04. The molecule has 33 heavy (non-hydrogen) atoms. The van der Waals surface area contributed by atoms with Gasteiger partial charge in [-0.05, 0) is 56.0 Å². The number of hydrogen-bond acceptors (Lipinski definition) is 2. The van der Waals surface area contributed by atoms with Crippen molar-refractivity contribution in [2.24, 2.45) is 9.98 Å². The van der Waals surface area contributed by atoms with Gasteiger partial charge >= 0.3 is 0 Å². The quantitative estimate of drug-likeness (QED) is 0.127. The molecule has 0 radical (unpaired) electrons. The third kappa shape index (κ3) is 13.3. The molecule has 0 aliphatic rings. The molecule has 0 aliphatic heterocycles. The third-order valence-electron chi connectivity index (χ3n) is 5.59. The number of allylic oxidation sites excluding steroid dienone is 2. The molecule has 0 aromatic heterocycles. The minimum atomic E-state index is 0. The Kier molecular flexibility index (Phi) is 17.1. The van der Waals surface area contributed by atoms with Crippen molar-refractivity contribution in [3.05, 3.63) is 72.8 Å². The summed E-state index contributed by atoms with van der Waals surface area (Å²) in [5, 5.41) is 0. The van der Waals surface area contributed by atoms with E-state index >= 15 is 0 Å². The largest absolute Gasteiger partial charge is 0.251 e. The maximum Gasteiger partial charge on any atom is 0.0848 e. The molecule has 0 aliphatic carbocycles. The van der Waals surface area contributed by atoms with Gasteiger partial charge in [0.25, 0.3) is 0 Å². The first-order valence-corrected chi connectivity index (χ1v) is 12.8. The number of aliphatic imine (C=N–C) groups is 2. The van der Waals surface area contributed by atoms with E-state index in [1.807, 2.05) is 24.3 Å². The van der Waals surface area contributed by atoms with E-state index in [4.69, 9.17) is 9.98 Å². The van der Waals surface area contributed by atoms with Crippen LogP contribution in [-0.4, -0.2) is 11.4 Å². The van der Waals surface area contributed by atoms with Crippen LogP contribution in [0.2, 0.25) is 0 Å². The normalized spacial score (nSPS) is 12.2. The number of hydrogen-bond donors (Lipinski definition) is 0. The first-order chi connectivity index (χ1) is 15.8. The number of benzene rings is 2. The molecule has 0 atom stereocenters. The average molecular weight is 489 g/mol. The van der Waals surface area contributed by atoms with Gasteiger partial charge in [-0.25, -0.2) is 4.99 Å². The fourth-order valence-corrected chi connectivity index (χ4v) is 3.70. The van der Waals surface area contributed by atoms with Gasteiger partial charge in [-0.1, -0.05) is 108 Å². The Balaban J connectivity index is 0.00000544. The zero-order valence-electron chi connectivity index (χ0n) is 20.6. The predicted octanol–water partition coefficient (Wildman–Crippen LogP) is 9.81. The van der Waals surface area contributed by atoms with Crippen LogP contribution in [0.25, 0.3) is 0 Å². The summed E-state index contributed by atoms with van der Waals surface area (Å²) in [6.45, 7) is 4.53. The maximum atomic E-state index is 5.04. The van der Waals surface area contributed by atoms with Crippen LogP contribution in [0.3, 0.4) is 0 Å². The molecule has 0 amide bonds. The standard InChI is InChI=1S/C30H42N2.Ni/c1-3-5-7-9-10-11-12-20-26-30(32-28-23-17-14-18-24-28)29(25-19-8-6-4-2)31-27-21-15-13-16-22-27;/h13-18,20-24,26H,3-12,19,25H2,1-2H3;. The van der Waals surface area contributed by atoms with E-state index in [0.29, 0.717) is 0 Å².